The van der Waals surface area contributed by atoms with Crippen LogP contribution in [0.4, 0.5) is 0 Å². The van der Waals surface area contributed by atoms with Gasteiger partial charge in [-0.05, 0) is 47.0 Å². The molecule has 0 aliphatic carbocycles. The van der Waals surface area contributed by atoms with Crippen LogP contribution in [0.3, 0.4) is 0 Å². The van der Waals surface area contributed by atoms with E-state index in [4.69, 9.17) is 4.74 Å². The number of methoxy groups -OCH3 is 1. The molecule has 1 aliphatic heterocycles. The van der Waals surface area contributed by atoms with Gasteiger partial charge in [0.2, 0.25) is 0 Å². The van der Waals surface area contributed by atoms with Gasteiger partial charge in [-0.3, -0.25) is 0 Å². The van der Waals surface area contributed by atoms with Gasteiger partial charge in [0.25, 0.3) is 0 Å². The molecule has 1 aromatic heterocycles. The highest BCUT2D eigenvalue weighted by atomic mass is 16.5. The topological polar surface area (TPSA) is 37.0 Å². The van der Waals surface area contributed by atoms with Crippen LogP contribution in [-0.4, -0.2) is 12.1 Å². The number of ether oxygens (including phenoxy) is 1. The molecule has 3 aromatic rings. The van der Waals surface area contributed by atoms with Gasteiger partial charge in [0.1, 0.15) is 5.75 Å². The third-order valence-corrected chi connectivity index (χ3v) is 4.41. The van der Waals surface area contributed by atoms with Crippen molar-refractivity contribution in [2.24, 2.45) is 0 Å². The molecule has 2 heterocycles. The summed E-state index contributed by atoms with van der Waals surface area (Å²) >= 11 is 0. The van der Waals surface area contributed by atoms with Gasteiger partial charge in [0, 0.05) is 28.4 Å². The van der Waals surface area contributed by atoms with Gasteiger partial charge in [-0.15, -0.1) is 0 Å². The molecule has 0 atom stereocenters. The average molecular weight is 290 g/mol. The van der Waals surface area contributed by atoms with Crippen LogP contribution in [0.25, 0.3) is 32.9 Å². The first-order valence-electron chi connectivity index (χ1n) is 7.50. The first-order chi connectivity index (χ1) is 10.7. The number of nitrogens with one attached hydrogen (secondary N) is 2. The van der Waals surface area contributed by atoms with Gasteiger partial charge < -0.3 is 15.0 Å². The van der Waals surface area contributed by atoms with Gasteiger partial charge in [0.15, 0.2) is 0 Å². The van der Waals surface area contributed by atoms with Crippen LogP contribution in [0.1, 0.15) is 24.6 Å². The van der Waals surface area contributed by atoms with Crippen molar-refractivity contribution in [3.63, 3.8) is 0 Å². The average Bonchev–Trinajstić information content (AvgIpc) is 2.95. The number of aromatic amines is 1. The standard InChI is InChI=1S/C19H18N2O/c1-4-12-10-20-11(2)17-18-15-7-6-14(22-3)9-13(15)5-8-16(18)21-19(12)17/h5-10,20-21H,2,4H2,1,3H3. The quantitative estimate of drug-likeness (QED) is 0.720. The Labute approximate surface area is 129 Å². The highest BCUT2D eigenvalue weighted by Gasteiger charge is 2.21. The van der Waals surface area contributed by atoms with Crippen LogP contribution in [-0.2, 0) is 0 Å². The molecule has 0 spiro atoms. The van der Waals surface area contributed by atoms with Crippen molar-refractivity contribution in [3.05, 3.63) is 54.4 Å². The maximum absolute atomic E-state index is 5.34. The lowest BCUT2D eigenvalue weighted by Crippen LogP contribution is -2.10. The van der Waals surface area contributed by atoms with Gasteiger partial charge >= 0.3 is 0 Å². The Morgan fingerprint density at radius 2 is 2.05 bits per heavy atom. The molecular formula is C19H18N2O. The van der Waals surface area contributed by atoms with Gasteiger partial charge in [-0.1, -0.05) is 19.6 Å². The first-order valence-corrected chi connectivity index (χ1v) is 7.50. The van der Waals surface area contributed by atoms with Crippen LogP contribution in [0.2, 0.25) is 0 Å². The zero-order chi connectivity index (χ0) is 15.3. The number of rotatable bonds is 2. The minimum absolute atomic E-state index is 0.877. The fourth-order valence-electron chi connectivity index (χ4n) is 3.27. The van der Waals surface area contributed by atoms with Crippen molar-refractivity contribution >= 4 is 32.9 Å². The number of H-pyrrole nitrogens is 1. The van der Waals surface area contributed by atoms with Gasteiger partial charge in [-0.25, -0.2) is 0 Å². The molecule has 110 valence electrons. The molecule has 4 rings (SSSR count). The van der Waals surface area contributed by atoms with Crippen molar-refractivity contribution in [3.8, 4) is 5.75 Å². The first kappa shape index (κ1) is 13.0. The summed E-state index contributed by atoms with van der Waals surface area (Å²) < 4.78 is 5.34. The predicted molar refractivity (Wildman–Crippen MR) is 92.8 cm³/mol. The lowest BCUT2D eigenvalue weighted by atomic mass is 9.96. The Balaban J connectivity index is 2.12. The minimum atomic E-state index is 0.877. The SMILES string of the molecule is C=C1NC=C(CC)c2[nH]c3ccc4cc(OC)ccc4c3c21. The van der Waals surface area contributed by atoms with Crippen LogP contribution in [0, 0.1) is 0 Å². The summed E-state index contributed by atoms with van der Waals surface area (Å²) in [5.74, 6) is 0.877. The molecule has 1 aliphatic rings. The molecule has 22 heavy (non-hydrogen) atoms. The van der Waals surface area contributed by atoms with Crippen molar-refractivity contribution < 1.29 is 4.74 Å². The fraction of sp³-hybridized carbons (Fsp3) is 0.158. The van der Waals surface area contributed by atoms with E-state index in [1.54, 1.807) is 7.11 Å². The summed E-state index contributed by atoms with van der Waals surface area (Å²) in [6.07, 6.45) is 3.02. The molecule has 3 nitrogen and oxygen atoms in total. The summed E-state index contributed by atoms with van der Waals surface area (Å²) in [6.45, 7) is 6.35. The maximum Gasteiger partial charge on any atom is 0.119 e. The molecular weight excluding hydrogens is 272 g/mol. The Morgan fingerprint density at radius 1 is 1.18 bits per heavy atom. The summed E-state index contributed by atoms with van der Waals surface area (Å²) in [7, 11) is 1.70. The number of benzene rings is 2. The minimum Gasteiger partial charge on any atom is -0.497 e. The van der Waals surface area contributed by atoms with E-state index >= 15 is 0 Å². The normalized spacial score (nSPS) is 13.9. The van der Waals surface area contributed by atoms with Crippen LogP contribution in [0.5, 0.6) is 5.75 Å². The van der Waals surface area contributed by atoms with E-state index in [2.05, 4.69) is 48.1 Å². The van der Waals surface area contributed by atoms with Crippen LogP contribution in [0.15, 0.2) is 43.1 Å². The van der Waals surface area contributed by atoms with E-state index in [0.717, 1.165) is 23.4 Å². The van der Waals surface area contributed by atoms with Crippen molar-refractivity contribution in [1.82, 2.24) is 10.3 Å². The second kappa shape index (κ2) is 4.67. The van der Waals surface area contributed by atoms with E-state index < -0.39 is 0 Å². The molecule has 0 radical (unpaired) electrons. The molecule has 0 amide bonds. The summed E-state index contributed by atoms with van der Waals surface area (Å²) in [4.78, 5) is 3.57. The molecule has 0 bridgehead atoms. The highest BCUT2D eigenvalue weighted by molar-refractivity contribution is 6.14. The smallest absolute Gasteiger partial charge is 0.119 e. The number of allylic oxidation sites excluding steroid dienone is 1. The molecule has 0 saturated heterocycles. The molecule has 0 unspecified atom stereocenters. The maximum atomic E-state index is 5.34. The fourth-order valence-corrected chi connectivity index (χ4v) is 3.27. The van der Waals surface area contributed by atoms with Gasteiger partial charge in [0.05, 0.1) is 12.8 Å². The zero-order valence-electron chi connectivity index (χ0n) is 12.8. The summed E-state index contributed by atoms with van der Waals surface area (Å²) in [5, 5.41) is 6.93. The van der Waals surface area contributed by atoms with Crippen LogP contribution < -0.4 is 10.1 Å². The highest BCUT2D eigenvalue weighted by Crippen LogP contribution is 2.39. The summed E-state index contributed by atoms with van der Waals surface area (Å²) in [6, 6.07) is 10.5. The lowest BCUT2D eigenvalue weighted by molar-refractivity contribution is 0.415. The monoisotopic (exact) mass is 290 g/mol. The van der Waals surface area contributed by atoms with E-state index in [1.165, 1.54) is 33.0 Å². The molecule has 0 saturated carbocycles. The predicted octanol–water partition coefficient (Wildman–Crippen LogP) is 4.65. The zero-order valence-corrected chi connectivity index (χ0v) is 12.8. The molecule has 0 fully saturated rings. The number of aromatic nitrogens is 1. The van der Waals surface area contributed by atoms with E-state index in [-0.39, 0.29) is 0 Å². The summed E-state index contributed by atoms with van der Waals surface area (Å²) in [5.41, 5.74) is 5.74. The van der Waals surface area contributed by atoms with Gasteiger partial charge in [-0.2, -0.15) is 0 Å². The third kappa shape index (κ3) is 1.69. The van der Waals surface area contributed by atoms with Crippen molar-refractivity contribution in [2.45, 2.75) is 13.3 Å². The molecule has 2 aromatic carbocycles. The number of hydrogen-bond acceptors (Lipinski definition) is 2. The second-order valence-corrected chi connectivity index (χ2v) is 5.60. The Morgan fingerprint density at radius 3 is 2.82 bits per heavy atom. The van der Waals surface area contributed by atoms with Crippen molar-refractivity contribution in [1.29, 1.82) is 0 Å². The van der Waals surface area contributed by atoms with E-state index in [9.17, 15) is 0 Å². The van der Waals surface area contributed by atoms with E-state index in [1.807, 2.05) is 12.3 Å². The van der Waals surface area contributed by atoms with Crippen LogP contribution >= 0.6 is 0 Å². The molecule has 3 heteroatoms. The Kier molecular flexibility index (Phi) is 2.76. The lowest BCUT2D eigenvalue weighted by Gasteiger charge is -2.17. The Bertz CT molecular complexity index is 947. The number of fused-ring (bicyclic) bond motifs is 5. The van der Waals surface area contributed by atoms with Crippen molar-refractivity contribution in [2.75, 3.05) is 7.11 Å². The second-order valence-electron chi connectivity index (χ2n) is 5.60. The largest absolute Gasteiger partial charge is 0.497 e. The number of hydrogen-bond donors (Lipinski definition) is 2. The third-order valence-electron chi connectivity index (χ3n) is 4.41. The van der Waals surface area contributed by atoms with E-state index in [0.29, 0.717) is 0 Å². The molecule has 2 N–H and O–H groups in total. The Hall–Kier alpha value is -2.68.